The Bertz CT molecular complexity index is 2380. The van der Waals surface area contributed by atoms with Crippen molar-refractivity contribution in [1.82, 2.24) is 9.13 Å². The van der Waals surface area contributed by atoms with Gasteiger partial charge in [-0.25, -0.2) is 0 Å². The van der Waals surface area contributed by atoms with Crippen molar-refractivity contribution in [2.24, 2.45) is 0 Å². The Morgan fingerprint density at radius 2 is 1.08 bits per heavy atom. The second kappa shape index (κ2) is 18.0. The minimum Gasteiger partial charge on any atom is -0.343 e. The van der Waals surface area contributed by atoms with Gasteiger partial charge in [0, 0.05) is 54.8 Å². The van der Waals surface area contributed by atoms with E-state index in [1.54, 1.807) is 30.6 Å². The molecule has 0 saturated carbocycles. The van der Waals surface area contributed by atoms with Crippen LogP contribution in [0.2, 0.25) is 15.1 Å². The smallest absolute Gasteiger partial charge is 0.200 e. The first kappa shape index (κ1) is 40.1. The third-order valence-electron chi connectivity index (χ3n) is 7.84. The normalized spacial score (nSPS) is 10.0. The molecule has 51 heavy (non-hydrogen) atoms. The summed E-state index contributed by atoms with van der Waals surface area (Å²) in [5, 5.41) is 19.5. The first-order valence-electron chi connectivity index (χ1n) is 15.2. The number of aromatic nitrogens is 2. The molecule has 0 N–H and O–H groups in total. The molecule has 0 aliphatic carbocycles. The van der Waals surface area contributed by atoms with Crippen LogP contribution >= 0.6 is 34.8 Å². The number of nitrogens with zero attached hydrogens (tertiary/aromatic N) is 4. The van der Waals surface area contributed by atoms with E-state index in [1.807, 2.05) is 95.8 Å². The number of hydrogen-bond donors (Lipinski definition) is 0. The maximum Gasteiger partial charge on any atom is 0.200 e. The van der Waals surface area contributed by atoms with Crippen LogP contribution in [0.3, 0.4) is 0 Å². The van der Waals surface area contributed by atoms with E-state index in [0.29, 0.717) is 40.0 Å². The van der Waals surface area contributed by atoms with Gasteiger partial charge in [-0.05, 0) is 60.4 Å². The van der Waals surface area contributed by atoms with Crippen LogP contribution in [0.25, 0.3) is 22.5 Å². The fourth-order valence-corrected chi connectivity index (χ4v) is 5.97. The van der Waals surface area contributed by atoms with Crippen LogP contribution in [0.15, 0.2) is 125 Å². The van der Waals surface area contributed by atoms with Gasteiger partial charge in [0.1, 0.15) is 5.02 Å². The van der Waals surface area contributed by atoms with Gasteiger partial charge in [0.05, 0.1) is 44.7 Å². The Morgan fingerprint density at radius 1 is 0.608 bits per heavy atom. The highest BCUT2D eigenvalue weighted by Crippen LogP contribution is 2.31. The summed E-state index contributed by atoms with van der Waals surface area (Å²) >= 11 is 18.9. The van der Waals surface area contributed by atoms with Gasteiger partial charge in [-0.3, -0.25) is 9.59 Å². The molecule has 0 amide bonds. The Kier molecular flexibility index (Phi) is 14.2. The number of pyridine rings is 2. The summed E-state index contributed by atoms with van der Waals surface area (Å²) in [5.41, 5.74) is 7.74. The van der Waals surface area contributed by atoms with E-state index in [1.165, 1.54) is 12.1 Å². The van der Waals surface area contributed by atoms with Crippen molar-refractivity contribution >= 4 is 34.8 Å². The molecular formula is C42H37Cl3N4O2. The maximum absolute atomic E-state index is 12.1. The van der Waals surface area contributed by atoms with E-state index in [-0.39, 0.29) is 30.7 Å². The van der Waals surface area contributed by atoms with Crippen molar-refractivity contribution in [3.8, 4) is 34.7 Å². The first-order valence-corrected chi connectivity index (χ1v) is 16.3. The number of hydrogen-bond acceptors (Lipinski definition) is 4. The van der Waals surface area contributed by atoms with Gasteiger partial charge in [0.2, 0.25) is 5.43 Å². The van der Waals surface area contributed by atoms with Crippen LogP contribution in [0.4, 0.5) is 0 Å². The molecule has 0 spiro atoms. The molecule has 9 heteroatoms. The quantitative estimate of drug-likeness (QED) is 0.170. The number of rotatable bonds is 6. The lowest BCUT2D eigenvalue weighted by Crippen LogP contribution is -2.11. The second-order valence-corrected chi connectivity index (χ2v) is 12.5. The Labute approximate surface area is 314 Å². The number of halogens is 3. The molecule has 2 aromatic heterocycles. The summed E-state index contributed by atoms with van der Waals surface area (Å²) in [4.78, 5) is 23.9. The third kappa shape index (κ3) is 9.66. The van der Waals surface area contributed by atoms with Gasteiger partial charge in [0.25, 0.3) is 0 Å². The first-order chi connectivity index (χ1) is 23.6. The highest BCUT2D eigenvalue weighted by Gasteiger charge is 2.13. The molecule has 0 aliphatic rings. The van der Waals surface area contributed by atoms with Gasteiger partial charge in [-0.1, -0.05) is 110 Å². The summed E-state index contributed by atoms with van der Waals surface area (Å²) in [6.45, 7) is 4.87. The van der Waals surface area contributed by atoms with Crippen molar-refractivity contribution in [2.45, 2.75) is 41.8 Å². The van der Waals surface area contributed by atoms with E-state index < -0.39 is 0 Å². The predicted molar refractivity (Wildman–Crippen MR) is 211 cm³/mol. The maximum atomic E-state index is 12.1. The molecule has 0 aliphatic heterocycles. The van der Waals surface area contributed by atoms with Crippen LogP contribution in [0.5, 0.6) is 0 Å². The summed E-state index contributed by atoms with van der Waals surface area (Å²) in [6, 6.07) is 35.1. The SMILES string of the molecule is C.C.Cc1cccc(-c2cc(=O)c(Cl)cn2Cc2cccc(C#N)c2)c1Cl.Cc1cccc(-c2cc(=O)ccn2Cc2cccc(C#N)c2)c1Cl. The number of aryl methyl sites for hydroxylation is 2. The topological polar surface area (TPSA) is 91.6 Å². The molecule has 0 saturated heterocycles. The van der Waals surface area contributed by atoms with Crippen LogP contribution in [-0.4, -0.2) is 9.13 Å². The highest BCUT2D eigenvalue weighted by atomic mass is 35.5. The minimum absolute atomic E-state index is 0. The average molecular weight is 736 g/mol. The van der Waals surface area contributed by atoms with Crippen molar-refractivity contribution in [1.29, 1.82) is 10.5 Å². The van der Waals surface area contributed by atoms with Gasteiger partial charge in [-0.15, -0.1) is 0 Å². The van der Waals surface area contributed by atoms with Crippen molar-refractivity contribution in [3.05, 3.63) is 184 Å². The minimum atomic E-state index is -0.253. The summed E-state index contributed by atoms with van der Waals surface area (Å²) in [5.74, 6) is 0. The van der Waals surface area contributed by atoms with E-state index in [0.717, 1.165) is 39.1 Å². The Hall–Kier alpha value is -5.37. The van der Waals surface area contributed by atoms with E-state index in [2.05, 4.69) is 12.1 Å². The number of nitriles is 2. The van der Waals surface area contributed by atoms with Gasteiger partial charge >= 0.3 is 0 Å². The largest absolute Gasteiger partial charge is 0.343 e. The van der Waals surface area contributed by atoms with Crippen LogP contribution in [0.1, 0.15) is 48.2 Å². The Balaban J connectivity index is 0.000000265. The van der Waals surface area contributed by atoms with Crippen molar-refractivity contribution < 1.29 is 0 Å². The standard InChI is InChI=1S/C20H14Cl2N2O.C20H15ClN2O.2CH4/c1-13-4-2-7-16(20(13)22)18-9-19(25)17(21)12-24(18)11-15-6-3-5-14(8-15)10-23;1-14-4-2-7-18(20(14)21)19-11-17(24)8-9-23(19)13-16-6-3-5-15(10-16)12-22;;/h2-9,12H,11H2,1H3;2-11H,13H2,1H3;2*1H4. The fraction of sp³-hybridized carbons (Fsp3) is 0.143. The van der Waals surface area contributed by atoms with E-state index in [4.69, 9.17) is 45.3 Å². The zero-order chi connectivity index (χ0) is 35.1. The molecular weight excluding hydrogens is 699 g/mol. The van der Waals surface area contributed by atoms with Crippen molar-refractivity contribution in [2.75, 3.05) is 0 Å². The zero-order valence-electron chi connectivity index (χ0n) is 26.6. The van der Waals surface area contributed by atoms with Crippen LogP contribution < -0.4 is 10.9 Å². The summed E-state index contributed by atoms with van der Waals surface area (Å²) in [6.07, 6.45) is 3.37. The van der Waals surface area contributed by atoms with Gasteiger partial charge < -0.3 is 9.13 Å². The average Bonchev–Trinajstić information content (AvgIpc) is 3.10. The molecule has 0 atom stereocenters. The molecule has 6 aromatic rings. The molecule has 6 rings (SSSR count). The van der Waals surface area contributed by atoms with E-state index in [9.17, 15) is 9.59 Å². The molecule has 0 bridgehead atoms. The molecule has 0 fully saturated rings. The number of benzene rings is 4. The lowest BCUT2D eigenvalue weighted by molar-refractivity contribution is 0.797. The van der Waals surface area contributed by atoms with Crippen LogP contribution in [-0.2, 0) is 13.1 Å². The predicted octanol–water partition coefficient (Wildman–Crippen LogP) is 10.7. The van der Waals surface area contributed by atoms with Crippen molar-refractivity contribution in [3.63, 3.8) is 0 Å². The van der Waals surface area contributed by atoms with Gasteiger partial charge in [-0.2, -0.15) is 10.5 Å². The molecule has 4 aromatic carbocycles. The summed E-state index contributed by atoms with van der Waals surface area (Å²) in [7, 11) is 0. The molecule has 0 radical (unpaired) electrons. The molecule has 0 unspecified atom stereocenters. The molecule has 258 valence electrons. The lowest BCUT2D eigenvalue weighted by Gasteiger charge is -2.16. The summed E-state index contributed by atoms with van der Waals surface area (Å²) < 4.78 is 3.85. The second-order valence-electron chi connectivity index (χ2n) is 11.4. The van der Waals surface area contributed by atoms with E-state index >= 15 is 0 Å². The highest BCUT2D eigenvalue weighted by molar-refractivity contribution is 6.34. The fourth-order valence-electron chi connectivity index (χ4n) is 5.35. The third-order valence-corrected chi connectivity index (χ3v) is 9.13. The monoisotopic (exact) mass is 734 g/mol. The van der Waals surface area contributed by atoms with Crippen LogP contribution in [0, 0.1) is 36.5 Å². The Morgan fingerprint density at radius 3 is 1.59 bits per heavy atom. The zero-order valence-corrected chi connectivity index (χ0v) is 28.9. The lowest BCUT2D eigenvalue weighted by atomic mass is 10.1. The molecule has 6 nitrogen and oxygen atoms in total. The molecule has 2 heterocycles. The van der Waals surface area contributed by atoms with Gasteiger partial charge in [0.15, 0.2) is 5.43 Å².